The number of rotatable bonds is 1. The second-order valence-corrected chi connectivity index (χ2v) is 4.05. The Hall–Kier alpha value is -0.900. The Morgan fingerprint density at radius 1 is 1.00 bits per heavy atom. The van der Waals surface area contributed by atoms with E-state index in [4.69, 9.17) is 0 Å². The summed E-state index contributed by atoms with van der Waals surface area (Å²) in [5.41, 5.74) is 0. The van der Waals surface area contributed by atoms with E-state index in [1.165, 1.54) is 11.3 Å². The molecule has 1 N–H and O–H groups in total. The van der Waals surface area contributed by atoms with Crippen LogP contribution in [-0.2, 0) is 9.59 Å². The van der Waals surface area contributed by atoms with Gasteiger partial charge in [-0.25, -0.2) is 0 Å². The van der Waals surface area contributed by atoms with Gasteiger partial charge in [0.25, 0.3) is 0 Å². The molecule has 2 fully saturated rings. The Bertz CT molecular complexity index is 231. The number of hydrogen-bond donors (Lipinski definition) is 1. The van der Waals surface area contributed by atoms with Gasteiger partial charge in [0, 0.05) is 6.04 Å². The highest BCUT2D eigenvalue weighted by molar-refractivity contribution is 5.99. The maximum absolute atomic E-state index is 11.5. The van der Waals surface area contributed by atoms with Crippen molar-refractivity contribution in [1.82, 2.24) is 10.2 Å². The van der Waals surface area contributed by atoms with Crippen molar-refractivity contribution in [1.29, 1.82) is 0 Å². The minimum Gasteiger partial charge on any atom is -0.300 e. The van der Waals surface area contributed by atoms with E-state index in [1.54, 1.807) is 0 Å². The van der Waals surface area contributed by atoms with E-state index in [0.29, 0.717) is 13.1 Å². The van der Waals surface area contributed by atoms with Gasteiger partial charge in [0.1, 0.15) is 0 Å². The Kier molecular flexibility index (Phi) is 2.82. The van der Waals surface area contributed by atoms with Gasteiger partial charge in [-0.3, -0.25) is 19.8 Å². The molecule has 1 heterocycles. The fraction of sp³-hybridized carbons (Fsp3) is 0.800. The molecule has 0 aromatic rings. The summed E-state index contributed by atoms with van der Waals surface area (Å²) >= 11 is 0. The average molecular weight is 196 g/mol. The minimum absolute atomic E-state index is 0.0480. The monoisotopic (exact) mass is 196 g/mol. The molecular weight excluding hydrogens is 180 g/mol. The molecule has 78 valence electrons. The number of nitrogens with one attached hydrogen (secondary N) is 1. The fourth-order valence-corrected chi connectivity index (χ4v) is 2.33. The SMILES string of the molecule is O=C1CNCC(=O)N1C1CCCCC1. The van der Waals surface area contributed by atoms with Crippen LogP contribution in [0.4, 0.5) is 0 Å². The van der Waals surface area contributed by atoms with Crippen LogP contribution in [0, 0.1) is 0 Å². The Labute approximate surface area is 83.6 Å². The highest BCUT2D eigenvalue weighted by Gasteiger charge is 2.32. The molecule has 0 unspecified atom stereocenters. The summed E-state index contributed by atoms with van der Waals surface area (Å²) in [4.78, 5) is 24.6. The Morgan fingerprint density at radius 2 is 1.57 bits per heavy atom. The molecule has 4 heteroatoms. The first-order valence-corrected chi connectivity index (χ1v) is 5.34. The van der Waals surface area contributed by atoms with Crippen LogP contribution in [0.2, 0.25) is 0 Å². The van der Waals surface area contributed by atoms with E-state index in [1.807, 2.05) is 0 Å². The van der Waals surface area contributed by atoms with E-state index in [2.05, 4.69) is 5.32 Å². The maximum Gasteiger partial charge on any atom is 0.243 e. The van der Waals surface area contributed by atoms with Gasteiger partial charge in [0.05, 0.1) is 13.1 Å². The van der Waals surface area contributed by atoms with Crippen LogP contribution in [-0.4, -0.2) is 35.8 Å². The summed E-state index contributed by atoms with van der Waals surface area (Å²) in [5.74, 6) is -0.0960. The van der Waals surface area contributed by atoms with E-state index in [0.717, 1.165) is 25.7 Å². The zero-order valence-electron chi connectivity index (χ0n) is 8.29. The second-order valence-electron chi connectivity index (χ2n) is 4.05. The number of nitrogens with zero attached hydrogens (tertiary/aromatic N) is 1. The molecule has 4 nitrogen and oxygen atoms in total. The van der Waals surface area contributed by atoms with Gasteiger partial charge in [-0.15, -0.1) is 0 Å². The van der Waals surface area contributed by atoms with E-state index >= 15 is 0 Å². The van der Waals surface area contributed by atoms with Crippen molar-refractivity contribution < 1.29 is 9.59 Å². The third kappa shape index (κ3) is 1.80. The second kappa shape index (κ2) is 4.09. The summed E-state index contributed by atoms with van der Waals surface area (Å²) in [6.45, 7) is 0.643. The number of piperazine rings is 1. The predicted octanol–water partition coefficient (Wildman–Crippen LogP) is 0.277. The van der Waals surface area contributed by atoms with E-state index < -0.39 is 0 Å². The predicted molar refractivity (Wildman–Crippen MR) is 51.6 cm³/mol. The number of amides is 2. The minimum atomic E-state index is -0.0480. The molecule has 2 amide bonds. The standard InChI is InChI=1S/C10H16N2O2/c13-9-6-11-7-10(14)12(9)8-4-2-1-3-5-8/h8,11H,1-7H2. The number of carbonyl (C=O) groups is 2. The summed E-state index contributed by atoms with van der Waals surface area (Å²) < 4.78 is 0. The first-order chi connectivity index (χ1) is 6.79. The smallest absolute Gasteiger partial charge is 0.243 e. The summed E-state index contributed by atoms with van der Waals surface area (Å²) in [6.07, 6.45) is 5.53. The topological polar surface area (TPSA) is 49.4 Å². The molecule has 0 radical (unpaired) electrons. The molecule has 1 saturated carbocycles. The number of carbonyl (C=O) groups excluding carboxylic acids is 2. The third-order valence-electron chi connectivity index (χ3n) is 3.03. The summed E-state index contributed by atoms with van der Waals surface area (Å²) in [7, 11) is 0. The van der Waals surface area contributed by atoms with Gasteiger partial charge in [-0.1, -0.05) is 19.3 Å². The zero-order valence-corrected chi connectivity index (χ0v) is 8.29. The van der Waals surface area contributed by atoms with Crippen molar-refractivity contribution >= 4 is 11.8 Å². The lowest BCUT2D eigenvalue weighted by atomic mass is 9.93. The van der Waals surface area contributed by atoms with Gasteiger partial charge >= 0.3 is 0 Å². The molecule has 14 heavy (non-hydrogen) atoms. The van der Waals surface area contributed by atoms with E-state index in [-0.39, 0.29) is 17.9 Å². The Morgan fingerprint density at radius 3 is 2.14 bits per heavy atom. The normalized spacial score (nSPS) is 25.6. The molecule has 0 aromatic heterocycles. The lowest BCUT2D eigenvalue weighted by Crippen LogP contribution is -2.56. The molecule has 2 rings (SSSR count). The van der Waals surface area contributed by atoms with Crippen molar-refractivity contribution in [3.8, 4) is 0 Å². The lowest BCUT2D eigenvalue weighted by molar-refractivity contribution is -0.150. The van der Waals surface area contributed by atoms with Gasteiger partial charge in [-0.05, 0) is 12.8 Å². The molecular formula is C10H16N2O2. The molecule has 1 saturated heterocycles. The molecule has 0 spiro atoms. The molecule has 2 aliphatic rings. The van der Waals surface area contributed by atoms with Crippen molar-refractivity contribution in [3.05, 3.63) is 0 Å². The maximum atomic E-state index is 11.5. The van der Waals surface area contributed by atoms with Gasteiger partial charge in [-0.2, -0.15) is 0 Å². The summed E-state index contributed by atoms with van der Waals surface area (Å²) in [6, 6.07) is 0.186. The van der Waals surface area contributed by atoms with Crippen LogP contribution in [0.15, 0.2) is 0 Å². The first kappa shape index (κ1) is 9.65. The van der Waals surface area contributed by atoms with Gasteiger partial charge < -0.3 is 0 Å². The Balaban J connectivity index is 2.05. The van der Waals surface area contributed by atoms with Crippen LogP contribution >= 0.6 is 0 Å². The van der Waals surface area contributed by atoms with Crippen molar-refractivity contribution in [2.24, 2.45) is 0 Å². The fourth-order valence-electron chi connectivity index (χ4n) is 2.33. The summed E-state index contributed by atoms with van der Waals surface area (Å²) in [5, 5.41) is 2.81. The molecule has 0 aromatic carbocycles. The first-order valence-electron chi connectivity index (χ1n) is 5.34. The van der Waals surface area contributed by atoms with E-state index in [9.17, 15) is 9.59 Å². The molecule has 0 atom stereocenters. The number of imide groups is 1. The average Bonchev–Trinajstić information content (AvgIpc) is 2.19. The van der Waals surface area contributed by atoms with Crippen LogP contribution in [0.25, 0.3) is 0 Å². The van der Waals surface area contributed by atoms with Crippen molar-refractivity contribution in [2.45, 2.75) is 38.1 Å². The molecule has 1 aliphatic heterocycles. The van der Waals surface area contributed by atoms with Crippen molar-refractivity contribution in [2.75, 3.05) is 13.1 Å². The van der Waals surface area contributed by atoms with Crippen LogP contribution in [0.5, 0.6) is 0 Å². The molecule has 0 bridgehead atoms. The van der Waals surface area contributed by atoms with Gasteiger partial charge in [0.2, 0.25) is 11.8 Å². The zero-order chi connectivity index (χ0) is 9.97. The van der Waals surface area contributed by atoms with Crippen molar-refractivity contribution in [3.63, 3.8) is 0 Å². The van der Waals surface area contributed by atoms with Crippen LogP contribution < -0.4 is 5.32 Å². The van der Waals surface area contributed by atoms with Crippen LogP contribution in [0.3, 0.4) is 0 Å². The highest BCUT2D eigenvalue weighted by Crippen LogP contribution is 2.23. The molecule has 1 aliphatic carbocycles. The van der Waals surface area contributed by atoms with Crippen LogP contribution in [0.1, 0.15) is 32.1 Å². The lowest BCUT2D eigenvalue weighted by Gasteiger charge is -2.35. The van der Waals surface area contributed by atoms with Gasteiger partial charge in [0.15, 0.2) is 0 Å². The highest BCUT2D eigenvalue weighted by atomic mass is 16.2. The largest absolute Gasteiger partial charge is 0.300 e. The third-order valence-corrected chi connectivity index (χ3v) is 3.03. The quantitative estimate of drug-likeness (QED) is 0.613. The number of hydrogen-bond acceptors (Lipinski definition) is 3.